The zero-order chi connectivity index (χ0) is 15.2. The van der Waals surface area contributed by atoms with Gasteiger partial charge in [-0.1, -0.05) is 34.1 Å². The first-order chi connectivity index (χ1) is 10.1. The Balaban J connectivity index is 2.11. The second-order valence-electron chi connectivity index (χ2n) is 5.53. The van der Waals surface area contributed by atoms with Crippen molar-refractivity contribution in [2.45, 2.75) is 19.8 Å². The lowest BCUT2D eigenvalue weighted by Crippen LogP contribution is -2.23. The lowest BCUT2D eigenvalue weighted by molar-refractivity contribution is 0.490. The Bertz CT molecular complexity index is 580. The molecule has 0 radical (unpaired) electrons. The fourth-order valence-electron chi connectivity index (χ4n) is 2.63. The summed E-state index contributed by atoms with van der Waals surface area (Å²) in [6.07, 6.45) is 1.88. The zero-order valence-corrected chi connectivity index (χ0v) is 14.1. The molecule has 1 nitrogen and oxygen atoms in total. The Labute approximate surface area is 134 Å². The molecule has 0 fully saturated rings. The van der Waals surface area contributed by atoms with Gasteiger partial charge in [0.25, 0.3) is 0 Å². The molecule has 21 heavy (non-hydrogen) atoms. The highest BCUT2D eigenvalue weighted by molar-refractivity contribution is 9.10. The van der Waals surface area contributed by atoms with Crippen molar-refractivity contribution in [1.29, 1.82) is 0 Å². The second kappa shape index (κ2) is 7.71. The van der Waals surface area contributed by atoms with Gasteiger partial charge in [0.2, 0.25) is 0 Å². The molecule has 1 unspecified atom stereocenters. The molecule has 0 aromatic heterocycles. The minimum Gasteiger partial charge on any atom is -0.319 e. The molecular weight excluding hydrogens is 329 g/mol. The summed E-state index contributed by atoms with van der Waals surface area (Å²) >= 11 is 3.46. The maximum Gasteiger partial charge on any atom is 0.123 e. The van der Waals surface area contributed by atoms with E-state index in [0.29, 0.717) is 5.92 Å². The van der Waals surface area contributed by atoms with Crippen LogP contribution < -0.4 is 5.32 Å². The van der Waals surface area contributed by atoms with Gasteiger partial charge in [0.05, 0.1) is 0 Å². The van der Waals surface area contributed by atoms with E-state index in [1.165, 1.54) is 11.6 Å². The van der Waals surface area contributed by atoms with E-state index in [1.54, 1.807) is 6.07 Å². The van der Waals surface area contributed by atoms with E-state index in [2.05, 4.69) is 45.5 Å². The average Bonchev–Trinajstić information content (AvgIpc) is 2.45. The maximum atomic E-state index is 13.4. The molecule has 0 aliphatic carbocycles. The van der Waals surface area contributed by atoms with Gasteiger partial charge in [-0.15, -0.1) is 0 Å². The predicted octanol–water partition coefficient (Wildman–Crippen LogP) is 4.52. The molecule has 2 aromatic rings. The van der Waals surface area contributed by atoms with Crippen LogP contribution in [0.5, 0.6) is 0 Å². The van der Waals surface area contributed by atoms with Gasteiger partial charge in [-0.2, -0.15) is 0 Å². The molecule has 0 aliphatic rings. The summed E-state index contributed by atoms with van der Waals surface area (Å²) in [5.74, 6) is 0.305. The highest BCUT2D eigenvalue weighted by Gasteiger charge is 2.12. The van der Waals surface area contributed by atoms with Gasteiger partial charge in [-0.25, -0.2) is 4.39 Å². The third-order valence-electron chi connectivity index (χ3n) is 3.75. The SMILES string of the molecule is CNCC(Cc1ccc(Br)cc1)Cc1cc(F)ccc1C. The first-order valence-electron chi connectivity index (χ1n) is 7.22. The molecule has 2 rings (SSSR count). The number of hydrogen-bond acceptors (Lipinski definition) is 1. The summed E-state index contributed by atoms with van der Waals surface area (Å²) in [5.41, 5.74) is 3.58. The number of rotatable bonds is 6. The molecule has 1 N–H and O–H groups in total. The normalized spacial score (nSPS) is 12.4. The monoisotopic (exact) mass is 349 g/mol. The molecule has 3 heteroatoms. The highest BCUT2D eigenvalue weighted by atomic mass is 79.9. The minimum absolute atomic E-state index is 0.151. The Kier molecular flexibility index (Phi) is 5.95. The molecule has 0 bridgehead atoms. The second-order valence-corrected chi connectivity index (χ2v) is 6.44. The van der Waals surface area contributed by atoms with Crippen LogP contribution in [0.15, 0.2) is 46.9 Å². The third kappa shape index (κ3) is 4.94. The van der Waals surface area contributed by atoms with Crippen LogP contribution in [0.4, 0.5) is 4.39 Å². The van der Waals surface area contributed by atoms with E-state index >= 15 is 0 Å². The van der Waals surface area contributed by atoms with Crippen LogP contribution in [0, 0.1) is 18.7 Å². The van der Waals surface area contributed by atoms with Crippen molar-refractivity contribution in [2.24, 2.45) is 5.92 Å². The standard InChI is InChI=1S/C18H21BrFN/c1-13-3-8-18(20)11-16(13)10-15(12-21-2)9-14-4-6-17(19)7-5-14/h3-8,11,15,21H,9-10,12H2,1-2H3. The number of halogens is 2. The Morgan fingerprint density at radius 2 is 1.81 bits per heavy atom. The fourth-order valence-corrected chi connectivity index (χ4v) is 2.89. The van der Waals surface area contributed by atoms with E-state index in [0.717, 1.165) is 35.0 Å². The van der Waals surface area contributed by atoms with Crippen molar-refractivity contribution in [1.82, 2.24) is 5.32 Å². The van der Waals surface area contributed by atoms with Gasteiger partial charge >= 0.3 is 0 Å². The number of nitrogens with one attached hydrogen (secondary N) is 1. The van der Waals surface area contributed by atoms with Crippen LogP contribution in [0.25, 0.3) is 0 Å². The van der Waals surface area contributed by atoms with Gasteiger partial charge < -0.3 is 5.32 Å². The van der Waals surface area contributed by atoms with Gasteiger partial charge in [-0.05, 0) is 80.2 Å². The van der Waals surface area contributed by atoms with Crippen LogP contribution in [0.1, 0.15) is 16.7 Å². The van der Waals surface area contributed by atoms with Crippen molar-refractivity contribution in [3.8, 4) is 0 Å². The molecule has 0 amide bonds. The summed E-state index contributed by atoms with van der Waals surface area (Å²) in [7, 11) is 1.97. The third-order valence-corrected chi connectivity index (χ3v) is 4.28. The van der Waals surface area contributed by atoms with Gasteiger partial charge in [0.1, 0.15) is 5.82 Å². The number of aryl methyl sites for hydroxylation is 1. The van der Waals surface area contributed by atoms with Crippen molar-refractivity contribution in [3.63, 3.8) is 0 Å². The molecule has 0 aliphatic heterocycles. The molecule has 0 heterocycles. The van der Waals surface area contributed by atoms with E-state index in [9.17, 15) is 4.39 Å². The lowest BCUT2D eigenvalue weighted by Gasteiger charge is -2.18. The Hall–Kier alpha value is -1.19. The largest absolute Gasteiger partial charge is 0.319 e. The molecule has 112 valence electrons. The van der Waals surface area contributed by atoms with E-state index in [-0.39, 0.29) is 5.82 Å². The minimum atomic E-state index is -0.151. The van der Waals surface area contributed by atoms with Crippen molar-refractivity contribution < 1.29 is 4.39 Å². The van der Waals surface area contributed by atoms with E-state index in [4.69, 9.17) is 0 Å². The fraction of sp³-hybridized carbons (Fsp3) is 0.333. The highest BCUT2D eigenvalue weighted by Crippen LogP contribution is 2.19. The van der Waals surface area contributed by atoms with Crippen molar-refractivity contribution >= 4 is 15.9 Å². The van der Waals surface area contributed by atoms with Crippen molar-refractivity contribution in [3.05, 3.63) is 69.4 Å². The number of benzene rings is 2. The summed E-state index contributed by atoms with van der Waals surface area (Å²) in [6.45, 7) is 2.97. The van der Waals surface area contributed by atoms with Crippen LogP contribution >= 0.6 is 15.9 Å². The van der Waals surface area contributed by atoms with Gasteiger partial charge in [0, 0.05) is 4.47 Å². The zero-order valence-electron chi connectivity index (χ0n) is 12.5. The predicted molar refractivity (Wildman–Crippen MR) is 90.1 cm³/mol. The van der Waals surface area contributed by atoms with Gasteiger partial charge in [-0.3, -0.25) is 0 Å². The quantitative estimate of drug-likeness (QED) is 0.808. The van der Waals surface area contributed by atoms with Crippen molar-refractivity contribution in [2.75, 3.05) is 13.6 Å². The number of hydrogen-bond donors (Lipinski definition) is 1. The van der Waals surface area contributed by atoms with Crippen LogP contribution in [0.3, 0.4) is 0 Å². The first kappa shape index (κ1) is 16.2. The smallest absolute Gasteiger partial charge is 0.123 e. The van der Waals surface area contributed by atoms with Crippen LogP contribution in [-0.2, 0) is 12.8 Å². The molecule has 0 saturated heterocycles. The van der Waals surface area contributed by atoms with E-state index in [1.807, 2.05) is 20.0 Å². The maximum absolute atomic E-state index is 13.4. The Morgan fingerprint density at radius 1 is 1.10 bits per heavy atom. The van der Waals surface area contributed by atoms with Crippen LogP contribution in [0.2, 0.25) is 0 Å². The molecule has 1 atom stereocenters. The first-order valence-corrected chi connectivity index (χ1v) is 8.02. The molecular formula is C18H21BrFN. The van der Waals surface area contributed by atoms with Crippen LogP contribution in [-0.4, -0.2) is 13.6 Å². The van der Waals surface area contributed by atoms with Gasteiger partial charge in [0.15, 0.2) is 0 Å². The molecule has 0 spiro atoms. The average molecular weight is 350 g/mol. The Morgan fingerprint density at radius 3 is 2.48 bits per heavy atom. The summed E-state index contributed by atoms with van der Waals surface area (Å²) in [4.78, 5) is 0. The summed E-state index contributed by atoms with van der Waals surface area (Å²) < 4.78 is 14.5. The lowest BCUT2D eigenvalue weighted by atomic mass is 9.90. The topological polar surface area (TPSA) is 12.0 Å². The molecule has 2 aromatic carbocycles. The van der Waals surface area contributed by atoms with E-state index < -0.39 is 0 Å². The summed E-state index contributed by atoms with van der Waals surface area (Å²) in [5, 5.41) is 3.25. The molecule has 0 saturated carbocycles. The summed E-state index contributed by atoms with van der Waals surface area (Å²) in [6, 6.07) is 13.5.